The van der Waals surface area contributed by atoms with Crippen molar-refractivity contribution in [1.29, 1.82) is 0 Å². The van der Waals surface area contributed by atoms with E-state index in [1.807, 2.05) is 44.2 Å². The number of carboxylic acid groups (broad SMARTS) is 1. The van der Waals surface area contributed by atoms with Crippen LogP contribution in [0, 0.1) is 5.92 Å². The molecule has 7 nitrogen and oxygen atoms in total. The predicted octanol–water partition coefficient (Wildman–Crippen LogP) is 1.59. The number of carboxylic acids is 1. The minimum Gasteiger partial charge on any atom is -0.480 e. The van der Waals surface area contributed by atoms with Gasteiger partial charge in [0.15, 0.2) is 0 Å². The lowest BCUT2D eigenvalue weighted by molar-refractivity contribution is -0.139. The summed E-state index contributed by atoms with van der Waals surface area (Å²) in [6, 6.07) is 7.85. The fraction of sp³-hybridized carbons (Fsp3) is 0.500. The highest BCUT2D eigenvalue weighted by Gasteiger charge is 2.31. The van der Waals surface area contributed by atoms with Crippen LogP contribution in [0.25, 0.3) is 0 Å². The Labute approximate surface area is 147 Å². The second-order valence-corrected chi connectivity index (χ2v) is 6.80. The molecule has 0 aliphatic carbocycles. The van der Waals surface area contributed by atoms with Gasteiger partial charge in [-0.2, -0.15) is 0 Å². The van der Waals surface area contributed by atoms with Gasteiger partial charge in [-0.05, 0) is 17.9 Å². The van der Waals surface area contributed by atoms with Crippen molar-refractivity contribution in [2.45, 2.75) is 45.3 Å². The van der Waals surface area contributed by atoms with Crippen LogP contribution in [-0.4, -0.2) is 46.5 Å². The maximum atomic E-state index is 12.1. The number of hydrogen-bond donors (Lipinski definition) is 3. The van der Waals surface area contributed by atoms with E-state index in [0.717, 1.165) is 5.56 Å². The van der Waals surface area contributed by atoms with Crippen molar-refractivity contribution in [2.75, 3.05) is 6.54 Å². The zero-order valence-electron chi connectivity index (χ0n) is 14.6. The number of rotatable bonds is 7. The summed E-state index contributed by atoms with van der Waals surface area (Å²) in [4.78, 5) is 37.1. The van der Waals surface area contributed by atoms with Crippen LogP contribution in [0.5, 0.6) is 0 Å². The van der Waals surface area contributed by atoms with E-state index in [4.69, 9.17) is 0 Å². The number of nitrogens with zero attached hydrogens (tertiary/aromatic N) is 1. The Kier molecular flexibility index (Phi) is 6.38. The molecule has 25 heavy (non-hydrogen) atoms. The van der Waals surface area contributed by atoms with Gasteiger partial charge >= 0.3 is 12.0 Å². The third kappa shape index (κ3) is 5.77. The number of nitrogens with one attached hydrogen (secondary N) is 2. The molecule has 1 aliphatic heterocycles. The van der Waals surface area contributed by atoms with E-state index in [1.54, 1.807) is 4.90 Å². The number of likely N-dealkylation sites (tertiary alicyclic amines) is 1. The fourth-order valence-electron chi connectivity index (χ4n) is 2.90. The van der Waals surface area contributed by atoms with E-state index < -0.39 is 18.0 Å². The molecule has 1 fully saturated rings. The number of carbonyl (C=O) groups excluding carboxylic acids is 2. The van der Waals surface area contributed by atoms with Gasteiger partial charge in [0.25, 0.3) is 0 Å². The highest BCUT2D eigenvalue weighted by molar-refractivity contribution is 5.84. The predicted molar refractivity (Wildman–Crippen MR) is 92.8 cm³/mol. The maximum Gasteiger partial charge on any atom is 0.326 e. The summed E-state index contributed by atoms with van der Waals surface area (Å²) >= 11 is 0. The van der Waals surface area contributed by atoms with Gasteiger partial charge in [-0.1, -0.05) is 44.2 Å². The molecule has 1 saturated heterocycles. The number of carbonyl (C=O) groups is 3. The molecule has 1 aromatic carbocycles. The summed E-state index contributed by atoms with van der Waals surface area (Å²) in [7, 11) is 0. The molecule has 136 valence electrons. The van der Waals surface area contributed by atoms with Crippen molar-refractivity contribution in [2.24, 2.45) is 5.92 Å². The van der Waals surface area contributed by atoms with Gasteiger partial charge in [0, 0.05) is 19.5 Å². The van der Waals surface area contributed by atoms with E-state index in [9.17, 15) is 19.5 Å². The molecular weight excluding hydrogens is 322 g/mol. The topological polar surface area (TPSA) is 98.7 Å². The Morgan fingerprint density at radius 1 is 1.28 bits per heavy atom. The van der Waals surface area contributed by atoms with E-state index in [-0.39, 0.29) is 24.3 Å². The van der Waals surface area contributed by atoms with Crippen LogP contribution < -0.4 is 10.6 Å². The van der Waals surface area contributed by atoms with Gasteiger partial charge in [-0.15, -0.1) is 0 Å². The molecule has 7 heteroatoms. The number of amides is 3. The quantitative estimate of drug-likeness (QED) is 0.697. The Balaban J connectivity index is 1.85. The lowest BCUT2D eigenvalue weighted by Gasteiger charge is -2.20. The van der Waals surface area contributed by atoms with Crippen molar-refractivity contribution in [3.05, 3.63) is 35.9 Å². The molecule has 1 aliphatic rings. The second-order valence-electron chi connectivity index (χ2n) is 6.80. The van der Waals surface area contributed by atoms with Gasteiger partial charge in [0.05, 0.1) is 6.04 Å². The molecule has 0 spiro atoms. The zero-order chi connectivity index (χ0) is 18.4. The fourth-order valence-corrected chi connectivity index (χ4v) is 2.90. The first-order valence-electron chi connectivity index (χ1n) is 8.46. The molecule has 0 aromatic heterocycles. The molecule has 1 aromatic rings. The standard InChI is InChI=1S/C18H25N3O4/c1-12(2)8-15(17(23)24)20-18(25)19-14-9-16(22)21(11-14)10-13-6-4-3-5-7-13/h3-7,12,14-15H,8-11H2,1-2H3,(H,23,24)(H2,19,20,25). The average Bonchev–Trinajstić information content (AvgIpc) is 2.86. The third-order valence-corrected chi connectivity index (χ3v) is 4.08. The molecule has 2 atom stereocenters. The molecule has 0 saturated carbocycles. The Hall–Kier alpha value is -2.57. The third-order valence-electron chi connectivity index (χ3n) is 4.08. The summed E-state index contributed by atoms with van der Waals surface area (Å²) < 4.78 is 0. The summed E-state index contributed by atoms with van der Waals surface area (Å²) in [5.41, 5.74) is 1.03. The molecule has 2 unspecified atom stereocenters. The number of hydrogen-bond acceptors (Lipinski definition) is 3. The molecular formula is C18H25N3O4. The number of aliphatic carboxylic acids is 1. The first-order valence-corrected chi connectivity index (χ1v) is 8.46. The summed E-state index contributed by atoms with van der Waals surface area (Å²) in [6.07, 6.45) is 0.578. The van der Waals surface area contributed by atoms with Gasteiger partial charge in [0.2, 0.25) is 5.91 Å². The largest absolute Gasteiger partial charge is 0.480 e. The minimum absolute atomic E-state index is 0.0221. The number of urea groups is 1. The van der Waals surface area contributed by atoms with Crippen molar-refractivity contribution in [3.8, 4) is 0 Å². The van der Waals surface area contributed by atoms with Crippen LogP contribution in [0.1, 0.15) is 32.3 Å². The Bertz CT molecular complexity index is 618. The maximum absolute atomic E-state index is 12.1. The van der Waals surface area contributed by atoms with E-state index in [2.05, 4.69) is 10.6 Å². The summed E-state index contributed by atoms with van der Waals surface area (Å²) in [5, 5.41) is 14.4. The van der Waals surface area contributed by atoms with Crippen LogP contribution in [0.4, 0.5) is 4.79 Å². The van der Waals surface area contributed by atoms with Crippen LogP contribution in [0.3, 0.4) is 0 Å². The summed E-state index contributed by atoms with van der Waals surface area (Å²) in [5.74, 6) is -0.931. The first kappa shape index (κ1) is 18.8. The second kappa shape index (κ2) is 8.50. The average molecular weight is 347 g/mol. The summed E-state index contributed by atoms with van der Waals surface area (Å²) in [6.45, 7) is 4.72. The first-order chi connectivity index (χ1) is 11.8. The van der Waals surface area contributed by atoms with Crippen LogP contribution in [0.15, 0.2) is 30.3 Å². The smallest absolute Gasteiger partial charge is 0.326 e. The monoisotopic (exact) mass is 347 g/mol. The van der Waals surface area contributed by atoms with Gasteiger partial charge in [0.1, 0.15) is 6.04 Å². The molecule has 3 N–H and O–H groups in total. The highest BCUT2D eigenvalue weighted by atomic mass is 16.4. The molecule has 1 heterocycles. The van der Waals surface area contributed by atoms with Crippen molar-refractivity contribution in [1.82, 2.24) is 15.5 Å². The van der Waals surface area contributed by atoms with Crippen LogP contribution in [0.2, 0.25) is 0 Å². The Morgan fingerprint density at radius 2 is 1.96 bits per heavy atom. The minimum atomic E-state index is -1.06. The molecule has 0 bridgehead atoms. The molecule has 3 amide bonds. The normalized spacial score (nSPS) is 18.3. The van der Waals surface area contributed by atoms with Crippen LogP contribution >= 0.6 is 0 Å². The highest BCUT2D eigenvalue weighted by Crippen LogP contribution is 2.15. The van der Waals surface area contributed by atoms with E-state index in [1.165, 1.54) is 0 Å². The lowest BCUT2D eigenvalue weighted by Crippen LogP contribution is -2.50. The molecule has 2 rings (SSSR count). The van der Waals surface area contributed by atoms with Gasteiger partial charge in [-0.3, -0.25) is 4.79 Å². The van der Waals surface area contributed by atoms with Crippen molar-refractivity contribution in [3.63, 3.8) is 0 Å². The molecule has 0 radical (unpaired) electrons. The van der Waals surface area contributed by atoms with E-state index >= 15 is 0 Å². The van der Waals surface area contributed by atoms with Gasteiger partial charge < -0.3 is 20.6 Å². The SMILES string of the molecule is CC(C)CC(NC(=O)NC1CC(=O)N(Cc2ccccc2)C1)C(=O)O. The Morgan fingerprint density at radius 3 is 2.56 bits per heavy atom. The zero-order valence-corrected chi connectivity index (χ0v) is 14.6. The van der Waals surface area contributed by atoms with Crippen LogP contribution in [-0.2, 0) is 16.1 Å². The number of benzene rings is 1. The van der Waals surface area contributed by atoms with E-state index in [0.29, 0.717) is 19.5 Å². The lowest BCUT2D eigenvalue weighted by atomic mass is 10.0. The van der Waals surface area contributed by atoms with Crippen molar-refractivity contribution >= 4 is 17.9 Å². The van der Waals surface area contributed by atoms with Crippen molar-refractivity contribution < 1.29 is 19.5 Å². The van der Waals surface area contributed by atoms with Gasteiger partial charge in [-0.25, -0.2) is 9.59 Å².